The van der Waals surface area contributed by atoms with Gasteiger partial charge < -0.3 is 14.2 Å². The lowest BCUT2D eigenvalue weighted by atomic mass is 10.0. The largest absolute Gasteiger partial charge is 0.466 e. The highest BCUT2D eigenvalue weighted by Gasteiger charge is 2.06. The summed E-state index contributed by atoms with van der Waals surface area (Å²) in [6.45, 7) is 10.0. The third-order valence-corrected chi connectivity index (χ3v) is 7.20. The Morgan fingerprint density at radius 3 is 1.56 bits per heavy atom. The number of hydrogen-bond acceptors (Lipinski definition) is 4. The minimum Gasteiger partial charge on any atom is -0.466 e. The Labute approximate surface area is 226 Å². The van der Waals surface area contributed by atoms with Crippen LogP contribution in [0.5, 0.6) is 0 Å². The van der Waals surface area contributed by atoms with E-state index in [4.69, 9.17) is 14.2 Å². The van der Waals surface area contributed by atoms with E-state index in [1.165, 1.54) is 122 Å². The van der Waals surface area contributed by atoms with Gasteiger partial charge in [0.1, 0.15) is 0 Å². The molecule has 0 rings (SSSR count). The molecule has 0 saturated heterocycles. The summed E-state index contributed by atoms with van der Waals surface area (Å²) in [5.41, 5.74) is 0. The van der Waals surface area contributed by atoms with Crippen molar-refractivity contribution >= 4 is 5.97 Å². The number of unbranched alkanes of at least 4 members (excludes halogenated alkanes) is 16. The first-order valence-corrected chi connectivity index (χ1v) is 16.1. The summed E-state index contributed by atoms with van der Waals surface area (Å²) in [6.07, 6.45) is 27.9. The van der Waals surface area contributed by atoms with E-state index in [1.807, 2.05) is 0 Å². The molecule has 0 aliphatic carbocycles. The van der Waals surface area contributed by atoms with Crippen molar-refractivity contribution in [3.05, 3.63) is 0 Å². The maximum atomic E-state index is 11.8. The van der Waals surface area contributed by atoms with Crippen molar-refractivity contribution in [1.29, 1.82) is 0 Å². The van der Waals surface area contributed by atoms with E-state index >= 15 is 0 Å². The molecule has 4 heteroatoms. The maximum absolute atomic E-state index is 11.8. The van der Waals surface area contributed by atoms with Gasteiger partial charge in [0.05, 0.1) is 19.8 Å². The van der Waals surface area contributed by atoms with Gasteiger partial charge >= 0.3 is 5.97 Å². The fraction of sp³-hybridized carbons (Fsp3) is 0.969. The summed E-state index contributed by atoms with van der Waals surface area (Å²) in [4.78, 5) is 11.8. The van der Waals surface area contributed by atoms with Crippen LogP contribution in [-0.4, -0.2) is 39.0 Å². The lowest BCUT2D eigenvalue weighted by molar-refractivity contribution is -0.144. The Morgan fingerprint density at radius 1 is 0.528 bits per heavy atom. The van der Waals surface area contributed by atoms with E-state index in [1.54, 1.807) is 0 Å². The van der Waals surface area contributed by atoms with Crippen LogP contribution in [-0.2, 0) is 19.0 Å². The highest BCUT2D eigenvalue weighted by atomic mass is 16.5. The van der Waals surface area contributed by atoms with E-state index in [2.05, 4.69) is 20.8 Å². The third-order valence-electron chi connectivity index (χ3n) is 7.20. The van der Waals surface area contributed by atoms with Crippen LogP contribution in [0.1, 0.15) is 162 Å². The number of carbonyl (C=O) groups excluding carboxylic acids is 1. The van der Waals surface area contributed by atoms with Crippen LogP contribution in [0, 0.1) is 5.92 Å². The van der Waals surface area contributed by atoms with Gasteiger partial charge in [0.25, 0.3) is 0 Å². The van der Waals surface area contributed by atoms with Crippen LogP contribution < -0.4 is 0 Å². The van der Waals surface area contributed by atoms with E-state index in [0.717, 1.165) is 19.4 Å². The molecule has 1 atom stereocenters. The topological polar surface area (TPSA) is 44.8 Å². The Kier molecular flexibility index (Phi) is 30.1. The Hall–Kier alpha value is -0.610. The number of esters is 1. The predicted molar refractivity (Wildman–Crippen MR) is 155 cm³/mol. The first kappa shape index (κ1) is 35.4. The lowest BCUT2D eigenvalue weighted by Gasteiger charge is -2.14. The number of carbonyl (C=O) groups is 1. The molecule has 0 saturated carbocycles. The smallest absolute Gasteiger partial charge is 0.305 e. The molecule has 0 spiro atoms. The molecule has 4 nitrogen and oxygen atoms in total. The number of hydrogen-bond donors (Lipinski definition) is 0. The van der Waals surface area contributed by atoms with Crippen LogP contribution in [0.4, 0.5) is 0 Å². The molecule has 0 bridgehead atoms. The summed E-state index contributed by atoms with van der Waals surface area (Å²) in [5, 5.41) is 0. The molecule has 0 aromatic heterocycles. The second kappa shape index (κ2) is 30.6. The summed E-state index contributed by atoms with van der Waals surface area (Å²) >= 11 is 0. The normalized spacial score (nSPS) is 12.2. The molecule has 0 aliphatic rings. The molecule has 216 valence electrons. The fourth-order valence-electron chi connectivity index (χ4n) is 4.59. The van der Waals surface area contributed by atoms with Gasteiger partial charge in [-0.2, -0.15) is 0 Å². The molecule has 0 aromatic rings. The van der Waals surface area contributed by atoms with Crippen molar-refractivity contribution in [2.75, 3.05) is 33.0 Å². The average Bonchev–Trinajstić information content (AvgIpc) is 2.89. The van der Waals surface area contributed by atoms with Gasteiger partial charge in [-0.1, -0.05) is 136 Å². The van der Waals surface area contributed by atoms with E-state index in [-0.39, 0.29) is 5.97 Å². The van der Waals surface area contributed by atoms with Gasteiger partial charge in [-0.05, 0) is 25.2 Å². The quantitative estimate of drug-likeness (QED) is 0.0709. The van der Waals surface area contributed by atoms with Gasteiger partial charge in [0.15, 0.2) is 0 Å². The molecule has 0 aliphatic heterocycles. The highest BCUT2D eigenvalue weighted by molar-refractivity contribution is 5.69. The zero-order chi connectivity index (χ0) is 26.4. The van der Waals surface area contributed by atoms with Gasteiger partial charge in [0, 0.05) is 19.6 Å². The number of rotatable bonds is 30. The van der Waals surface area contributed by atoms with Gasteiger partial charge in [0.2, 0.25) is 0 Å². The van der Waals surface area contributed by atoms with E-state index in [9.17, 15) is 4.79 Å². The molecule has 0 fully saturated rings. The molecule has 0 radical (unpaired) electrons. The Balaban J connectivity index is 3.23. The molecule has 0 amide bonds. The van der Waals surface area contributed by atoms with Crippen LogP contribution in [0.2, 0.25) is 0 Å². The molecular weight excluding hydrogens is 448 g/mol. The first-order chi connectivity index (χ1) is 17.7. The monoisotopic (exact) mass is 512 g/mol. The summed E-state index contributed by atoms with van der Waals surface area (Å²) < 4.78 is 16.7. The first-order valence-electron chi connectivity index (χ1n) is 16.1. The van der Waals surface area contributed by atoms with Gasteiger partial charge in [-0.25, -0.2) is 0 Å². The lowest BCUT2D eigenvalue weighted by Crippen LogP contribution is -2.13. The molecule has 1 unspecified atom stereocenters. The average molecular weight is 513 g/mol. The summed E-state index contributed by atoms with van der Waals surface area (Å²) in [5.74, 6) is 0.589. The van der Waals surface area contributed by atoms with E-state index < -0.39 is 0 Å². The van der Waals surface area contributed by atoms with Crippen molar-refractivity contribution in [3.63, 3.8) is 0 Å². The van der Waals surface area contributed by atoms with Crippen molar-refractivity contribution in [2.45, 2.75) is 162 Å². The van der Waals surface area contributed by atoms with Crippen LogP contribution in [0.25, 0.3) is 0 Å². The molecule has 0 heterocycles. The third kappa shape index (κ3) is 28.0. The Bertz CT molecular complexity index is 426. The summed E-state index contributed by atoms with van der Waals surface area (Å²) in [7, 11) is 0. The minimum atomic E-state index is -0.0856. The second-order valence-electron chi connectivity index (χ2n) is 10.7. The van der Waals surface area contributed by atoms with Crippen molar-refractivity contribution in [3.8, 4) is 0 Å². The Morgan fingerprint density at radius 2 is 1.03 bits per heavy atom. The molecular formula is C32H64O4. The zero-order valence-corrected chi connectivity index (χ0v) is 24.8. The fourth-order valence-corrected chi connectivity index (χ4v) is 4.59. The molecule has 0 N–H and O–H groups in total. The number of ether oxygens (including phenoxy) is 3. The van der Waals surface area contributed by atoms with Crippen molar-refractivity contribution < 1.29 is 19.0 Å². The van der Waals surface area contributed by atoms with Crippen LogP contribution >= 0.6 is 0 Å². The standard InChI is InChI=1S/C32H64O4/c1-4-7-9-10-11-12-13-14-15-16-17-18-19-20-21-22-27-36-32(33)25-23-26-34-28-29-35-30-31(6-3)24-8-5-2/h31H,4-30H2,1-3H3. The highest BCUT2D eigenvalue weighted by Crippen LogP contribution is 2.14. The summed E-state index contributed by atoms with van der Waals surface area (Å²) in [6, 6.07) is 0. The molecule has 0 aromatic carbocycles. The minimum absolute atomic E-state index is 0.0856. The second-order valence-corrected chi connectivity index (χ2v) is 10.7. The van der Waals surface area contributed by atoms with Crippen molar-refractivity contribution in [1.82, 2.24) is 0 Å². The predicted octanol–water partition coefficient (Wildman–Crippen LogP) is 9.82. The van der Waals surface area contributed by atoms with E-state index in [0.29, 0.717) is 38.8 Å². The van der Waals surface area contributed by atoms with Gasteiger partial charge in [-0.15, -0.1) is 0 Å². The maximum Gasteiger partial charge on any atom is 0.305 e. The van der Waals surface area contributed by atoms with Gasteiger partial charge in [-0.3, -0.25) is 4.79 Å². The molecule has 36 heavy (non-hydrogen) atoms. The zero-order valence-electron chi connectivity index (χ0n) is 24.8. The van der Waals surface area contributed by atoms with Crippen LogP contribution in [0.3, 0.4) is 0 Å². The van der Waals surface area contributed by atoms with Crippen LogP contribution in [0.15, 0.2) is 0 Å². The van der Waals surface area contributed by atoms with Crippen molar-refractivity contribution in [2.24, 2.45) is 5.92 Å². The SMILES string of the molecule is CCCCCCCCCCCCCCCCCCOC(=O)CCCOCCOCC(CC)CCCC.